The highest BCUT2D eigenvalue weighted by Crippen LogP contribution is 2.33. The molecule has 40 heavy (non-hydrogen) atoms. The molecular weight excluding hydrogens is 598 g/mol. The molecule has 1 aromatic carbocycles. The third-order valence-corrected chi connectivity index (χ3v) is 6.70. The summed E-state index contributed by atoms with van der Waals surface area (Å²) in [6.45, 7) is 7.10. The molecule has 1 N–H and O–H groups in total. The van der Waals surface area contributed by atoms with E-state index in [9.17, 15) is 27.6 Å². The lowest BCUT2D eigenvalue weighted by atomic mass is 9.98. The molecule has 0 fully saturated rings. The maximum absolute atomic E-state index is 15.2. The summed E-state index contributed by atoms with van der Waals surface area (Å²) in [4.78, 5) is 40.8. The second-order valence-corrected chi connectivity index (χ2v) is 11.3. The Bertz CT molecular complexity index is 1260. The molecule has 0 bridgehead atoms. The average molecular weight is 635 g/mol. The fraction of sp³-hybridized carbons (Fsp3) is 0.536. The first-order valence-corrected chi connectivity index (χ1v) is 13.7. The van der Waals surface area contributed by atoms with Crippen molar-refractivity contribution in [3.63, 3.8) is 0 Å². The maximum Gasteiger partial charge on any atom is 0.416 e. The molecule has 7 nitrogen and oxygen atoms in total. The van der Waals surface area contributed by atoms with Gasteiger partial charge in [-0.05, 0) is 70.0 Å². The summed E-state index contributed by atoms with van der Waals surface area (Å²) in [5, 5.41) is 2.67. The number of amides is 1. The minimum Gasteiger partial charge on any atom is -0.466 e. The molecule has 12 heteroatoms. The number of pyridine rings is 1. The fourth-order valence-electron chi connectivity index (χ4n) is 4.33. The van der Waals surface area contributed by atoms with Crippen LogP contribution in [0.4, 0.5) is 17.6 Å². The van der Waals surface area contributed by atoms with Gasteiger partial charge in [-0.25, -0.2) is 4.39 Å². The summed E-state index contributed by atoms with van der Waals surface area (Å²) in [5.41, 5.74) is -1.86. The molecule has 2 atom stereocenters. The second-order valence-electron chi connectivity index (χ2n) is 10.4. The Morgan fingerprint density at radius 1 is 1.18 bits per heavy atom. The van der Waals surface area contributed by atoms with Crippen LogP contribution in [0.25, 0.3) is 0 Å². The number of rotatable bonds is 12. The van der Waals surface area contributed by atoms with E-state index in [0.29, 0.717) is 10.5 Å². The van der Waals surface area contributed by atoms with E-state index in [1.807, 2.05) is 0 Å². The van der Waals surface area contributed by atoms with Crippen LogP contribution in [0, 0.1) is 18.7 Å². The third-order valence-electron chi connectivity index (χ3n) is 6.25. The predicted octanol–water partition coefficient (Wildman–Crippen LogP) is 5.58. The molecule has 0 aliphatic heterocycles. The topological polar surface area (TPSA) is 80.6 Å². The van der Waals surface area contributed by atoms with Crippen molar-refractivity contribution in [1.29, 1.82) is 0 Å². The molecule has 0 aliphatic rings. The number of nitrogens with zero attached hydrogens (tertiary/aromatic N) is 2. The highest BCUT2D eigenvalue weighted by atomic mass is 79.9. The standard InChI is InChI=1S/C28H36BrF4N3O4/c1-7-40-25(38)14-22(20-12-19(29)11-17(4)26(20)30)34-27(39)23(10-16(2)3)36-15-18(8-9-35(5)6)21(13-24(36)37)28(31,32)33/h11-13,15-16,22-23H,7-10,14H2,1-6H3,(H,34,39). The predicted molar refractivity (Wildman–Crippen MR) is 147 cm³/mol. The first-order valence-electron chi connectivity index (χ1n) is 12.9. The van der Waals surface area contributed by atoms with Gasteiger partial charge in [0.15, 0.2) is 0 Å². The lowest BCUT2D eigenvalue weighted by Gasteiger charge is -2.27. The van der Waals surface area contributed by atoms with Gasteiger partial charge in [0.2, 0.25) is 5.91 Å². The maximum atomic E-state index is 15.2. The van der Waals surface area contributed by atoms with Gasteiger partial charge >= 0.3 is 12.1 Å². The Morgan fingerprint density at radius 3 is 2.38 bits per heavy atom. The molecule has 1 amide bonds. The van der Waals surface area contributed by atoms with Gasteiger partial charge in [0.25, 0.3) is 5.56 Å². The molecule has 2 unspecified atom stereocenters. The number of hydrogen-bond donors (Lipinski definition) is 1. The monoisotopic (exact) mass is 633 g/mol. The van der Waals surface area contributed by atoms with Gasteiger partial charge in [-0.3, -0.25) is 14.4 Å². The number of aryl methyl sites for hydroxylation is 1. The average Bonchev–Trinajstić information content (AvgIpc) is 2.82. The number of esters is 1. The van der Waals surface area contributed by atoms with E-state index in [0.717, 1.165) is 10.8 Å². The van der Waals surface area contributed by atoms with Gasteiger partial charge in [0.1, 0.15) is 11.9 Å². The number of benzene rings is 1. The minimum atomic E-state index is -4.75. The Balaban J connectivity index is 2.61. The third kappa shape index (κ3) is 9.15. The van der Waals surface area contributed by atoms with E-state index >= 15 is 4.39 Å². The molecule has 0 spiro atoms. The summed E-state index contributed by atoms with van der Waals surface area (Å²) in [7, 11) is 3.43. The number of hydrogen-bond acceptors (Lipinski definition) is 5. The highest BCUT2D eigenvalue weighted by molar-refractivity contribution is 9.10. The van der Waals surface area contributed by atoms with Gasteiger partial charge in [0, 0.05) is 28.8 Å². The van der Waals surface area contributed by atoms with Crippen molar-refractivity contribution < 1.29 is 31.9 Å². The van der Waals surface area contributed by atoms with Crippen molar-refractivity contribution in [1.82, 2.24) is 14.8 Å². The molecule has 1 aromatic heterocycles. The van der Waals surface area contributed by atoms with Gasteiger partial charge in [0.05, 0.1) is 24.6 Å². The Kier molecular flexibility index (Phi) is 11.9. The summed E-state index contributed by atoms with van der Waals surface area (Å²) < 4.78 is 63.1. The zero-order valence-corrected chi connectivity index (χ0v) is 25.1. The summed E-state index contributed by atoms with van der Waals surface area (Å²) >= 11 is 3.31. The van der Waals surface area contributed by atoms with Crippen LogP contribution in [-0.4, -0.2) is 48.6 Å². The van der Waals surface area contributed by atoms with Crippen LogP contribution in [0.3, 0.4) is 0 Å². The highest BCUT2D eigenvalue weighted by Gasteiger charge is 2.36. The number of nitrogens with one attached hydrogen (secondary N) is 1. The molecule has 2 aromatic rings. The SMILES string of the molecule is CCOC(=O)CC(NC(=O)C(CC(C)C)n1cc(CCN(C)C)c(C(F)(F)F)cc1=O)c1cc(Br)cc(C)c1F. The van der Waals surface area contributed by atoms with Gasteiger partial charge in [-0.2, -0.15) is 13.2 Å². The van der Waals surface area contributed by atoms with E-state index in [-0.39, 0.29) is 48.6 Å². The number of carbonyl (C=O) groups excluding carboxylic acids is 2. The van der Waals surface area contributed by atoms with Crippen molar-refractivity contribution in [2.75, 3.05) is 27.2 Å². The molecule has 2 rings (SSSR count). The number of carbonyl (C=O) groups is 2. The van der Waals surface area contributed by atoms with Crippen LogP contribution in [0.1, 0.15) is 68.0 Å². The fourth-order valence-corrected chi connectivity index (χ4v) is 4.92. The second kappa shape index (κ2) is 14.2. The van der Waals surface area contributed by atoms with Crippen LogP contribution in [0.2, 0.25) is 0 Å². The van der Waals surface area contributed by atoms with E-state index < -0.39 is 53.5 Å². The smallest absolute Gasteiger partial charge is 0.416 e. The first-order chi connectivity index (χ1) is 18.5. The summed E-state index contributed by atoms with van der Waals surface area (Å²) in [6.07, 6.45) is -3.96. The summed E-state index contributed by atoms with van der Waals surface area (Å²) in [5.74, 6) is -2.18. The van der Waals surface area contributed by atoms with Crippen molar-refractivity contribution in [2.24, 2.45) is 5.92 Å². The van der Waals surface area contributed by atoms with E-state index in [1.54, 1.807) is 45.8 Å². The largest absolute Gasteiger partial charge is 0.466 e. The zero-order valence-electron chi connectivity index (χ0n) is 23.5. The zero-order chi connectivity index (χ0) is 30.4. The van der Waals surface area contributed by atoms with Gasteiger partial charge in [-0.1, -0.05) is 29.8 Å². The normalized spacial score (nSPS) is 13.4. The number of halogens is 5. The minimum absolute atomic E-state index is 0.00778. The van der Waals surface area contributed by atoms with Crippen LogP contribution in [0.5, 0.6) is 0 Å². The molecular formula is C28H36BrF4N3O4. The summed E-state index contributed by atoms with van der Waals surface area (Å²) in [6, 6.07) is 1.12. The number of alkyl halides is 3. The van der Waals surface area contributed by atoms with Gasteiger partial charge < -0.3 is 19.5 Å². The van der Waals surface area contributed by atoms with E-state index in [2.05, 4.69) is 21.2 Å². The van der Waals surface area contributed by atoms with Gasteiger partial charge in [-0.15, -0.1) is 0 Å². The number of likely N-dealkylation sites (N-methyl/N-ethyl adjacent to an activating group) is 1. The lowest BCUT2D eigenvalue weighted by molar-refractivity contribution is -0.144. The van der Waals surface area contributed by atoms with E-state index in [4.69, 9.17) is 4.74 Å². The Morgan fingerprint density at radius 2 is 1.82 bits per heavy atom. The first kappa shape index (κ1) is 33.5. The number of aromatic nitrogens is 1. The van der Waals surface area contributed by atoms with Crippen molar-refractivity contribution in [2.45, 2.75) is 65.2 Å². The Labute approximate surface area is 240 Å². The quantitative estimate of drug-likeness (QED) is 0.244. The Hall–Kier alpha value is -2.73. The molecule has 1 heterocycles. The molecule has 0 saturated carbocycles. The van der Waals surface area contributed by atoms with Crippen molar-refractivity contribution in [3.8, 4) is 0 Å². The van der Waals surface area contributed by atoms with Crippen LogP contribution < -0.4 is 10.9 Å². The van der Waals surface area contributed by atoms with Crippen LogP contribution in [0.15, 0.2) is 33.7 Å². The number of ether oxygens (including phenoxy) is 1. The van der Waals surface area contributed by atoms with Crippen LogP contribution in [-0.2, 0) is 26.9 Å². The lowest BCUT2D eigenvalue weighted by Crippen LogP contribution is -2.41. The molecule has 0 aliphatic carbocycles. The van der Waals surface area contributed by atoms with Crippen molar-refractivity contribution in [3.05, 3.63) is 67.3 Å². The van der Waals surface area contributed by atoms with Crippen LogP contribution >= 0.6 is 15.9 Å². The van der Waals surface area contributed by atoms with E-state index in [1.165, 1.54) is 13.0 Å². The molecule has 0 saturated heterocycles. The molecule has 0 radical (unpaired) electrons. The van der Waals surface area contributed by atoms with Crippen molar-refractivity contribution >= 4 is 27.8 Å². The molecule has 222 valence electrons.